The summed E-state index contributed by atoms with van der Waals surface area (Å²) in [5.74, 6) is 3.54. The lowest BCUT2D eigenvalue weighted by molar-refractivity contribution is 0.435. The van der Waals surface area contributed by atoms with E-state index >= 15 is 0 Å². The molecule has 2 spiro atoms. The van der Waals surface area contributed by atoms with Gasteiger partial charge in [0.2, 0.25) is 0 Å². The van der Waals surface area contributed by atoms with E-state index in [9.17, 15) is 0 Å². The predicted octanol–water partition coefficient (Wildman–Crippen LogP) is 19.5. The predicted molar refractivity (Wildman–Crippen MR) is 321 cm³/mol. The Hall–Kier alpha value is -10.2. The first-order valence-electron chi connectivity index (χ1n) is 27.2. The Morgan fingerprint density at radius 3 is 1.13 bits per heavy atom. The largest absolute Gasteiger partial charge is 0.457 e. The molecular weight excluding hydrogens is 961 g/mol. The molecule has 79 heavy (non-hydrogen) atoms. The molecule has 0 aromatic heterocycles. The van der Waals surface area contributed by atoms with Gasteiger partial charge in [-0.2, -0.15) is 0 Å². The topological polar surface area (TPSA) is 24.9 Å². The van der Waals surface area contributed by atoms with Gasteiger partial charge in [-0.1, -0.05) is 188 Å². The van der Waals surface area contributed by atoms with Gasteiger partial charge in [0.15, 0.2) is 0 Å². The van der Waals surface area contributed by atoms with E-state index in [1.807, 2.05) is 0 Å². The summed E-state index contributed by atoms with van der Waals surface area (Å²) < 4.78 is 13.5. The van der Waals surface area contributed by atoms with Gasteiger partial charge in [-0.05, 0) is 165 Å². The second-order valence-electron chi connectivity index (χ2n) is 21.1. The molecule has 2 aliphatic heterocycles. The number of ether oxygens (including phenoxy) is 2. The fourth-order valence-corrected chi connectivity index (χ4v) is 14.0. The molecule has 0 bridgehead atoms. The molecule has 1 atom stereocenters. The zero-order valence-corrected chi connectivity index (χ0v) is 43.3. The molecule has 2 heterocycles. The van der Waals surface area contributed by atoms with E-state index in [0.29, 0.717) is 0 Å². The van der Waals surface area contributed by atoms with E-state index in [1.54, 1.807) is 0 Å². The molecule has 1 unspecified atom stereocenters. The Morgan fingerprint density at radius 1 is 0.253 bits per heavy atom. The van der Waals surface area contributed by atoms with Crippen molar-refractivity contribution in [3.63, 3.8) is 0 Å². The highest BCUT2D eigenvalue weighted by Crippen LogP contribution is 2.65. The molecule has 0 saturated heterocycles. The van der Waals surface area contributed by atoms with Crippen molar-refractivity contribution in [2.75, 3.05) is 9.80 Å². The molecule has 4 aliphatic rings. The molecule has 0 radical (unpaired) electrons. The highest BCUT2D eigenvalue weighted by Gasteiger charge is 2.53. The molecule has 2 aliphatic carbocycles. The van der Waals surface area contributed by atoms with Crippen LogP contribution in [0.5, 0.6) is 23.0 Å². The molecular formula is C75H50N2O2. The van der Waals surface area contributed by atoms with Crippen LogP contribution in [-0.4, -0.2) is 0 Å². The number of hydrogen-bond acceptors (Lipinski definition) is 4. The summed E-state index contributed by atoms with van der Waals surface area (Å²) >= 11 is 0. The maximum atomic E-state index is 6.78. The summed E-state index contributed by atoms with van der Waals surface area (Å²) in [7, 11) is 0. The number of aryl methyl sites for hydroxylation is 1. The van der Waals surface area contributed by atoms with Crippen molar-refractivity contribution in [1.82, 2.24) is 0 Å². The minimum Gasteiger partial charge on any atom is -0.457 e. The van der Waals surface area contributed by atoms with E-state index in [4.69, 9.17) is 9.47 Å². The number of benzene rings is 12. The van der Waals surface area contributed by atoms with Crippen LogP contribution in [0.3, 0.4) is 0 Å². The van der Waals surface area contributed by atoms with Gasteiger partial charge in [-0.3, -0.25) is 0 Å². The Morgan fingerprint density at radius 2 is 0.608 bits per heavy atom. The molecule has 12 aromatic rings. The van der Waals surface area contributed by atoms with Crippen molar-refractivity contribution in [2.45, 2.75) is 17.8 Å². The Bertz CT molecular complexity index is 4380. The van der Waals surface area contributed by atoms with Gasteiger partial charge in [-0.15, -0.1) is 0 Å². The van der Waals surface area contributed by atoms with E-state index in [2.05, 4.69) is 302 Å². The highest BCUT2D eigenvalue weighted by molar-refractivity contribution is 5.94. The Balaban J connectivity index is 0.843. The van der Waals surface area contributed by atoms with Crippen molar-refractivity contribution in [3.8, 4) is 56.4 Å². The SMILES string of the molecule is Cc1cccc2c1C1(c3ccccc3O2)c2ccccc2-c2ccc(N(c3ccccc3)c3cccc(-c4cccc(N(c5ccccc5)c5ccc6c(c5)C5(c7ccccc7Oc7ccccc75)c5ccccc5-6)c4)c3)cc21. The normalized spacial score (nSPS) is 15.0. The molecule has 16 rings (SSSR count). The quantitative estimate of drug-likeness (QED) is 0.159. The van der Waals surface area contributed by atoms with Crippen LogP contribution in [0.1, 0.15) is 50.1 Å². The maximum absolute atomic E-state index is 6.78. The second kappa shape index (κ2) is 17.4. The molecule has 0 saturated carbocycles. The van der Waals surface area contributed by atoms with E-state index in [0.717, 1.165) is 84.9 Å². The summed E-state index contributed by atoms with van der Waals surface area (Å²) in [6.45, 7) is 2.23. The van der Waals surface area contributed by atoms with E-state index < -0.39 is 10.8 Å². The van der Waals surface area contributed by atoms with Crippen LogP contribution in [0, 0.1) is 6.92 Å². The van der Waals surface area contributed by atoms with Gasteiger partial charge < -0.3 is 19.3 Å². The summed E-state index contributed by atoms with van der Waals surface area (Å²) in [5, 5.41) is 0. The first-order valence-corrected chi connectivity index (χ1v) is 27.2. The van der Waals surface area contributed by atoms with Gasteiger partial charge in [0.1, 0.15) is 23.0 Å². The van der Waals surface area contributed by atoms with Crippen molar-refractivity contribution in [1.29, 1.82) is 0 Å². The number of fused-ring (bicyclic) bond motifs is 18. The fourth-order valence-electron chi connectivity index (χ4n) is 14.0. The van der Waals surface area contributed by atoms with Crippen LogP contribution >= 0.6 is 0 Å². The van der Waals surface area contributed by atoms with E-state index in [1.165, 1.54) is 55.6 Å². The Kier molecular flexibility index (Phi) is 9.95. The monoisotopic (exact) mass is 1010 g/mol. The van der Waals surface area contributed by atoms with Crippen molar-refractivity contribution in [3.05, 3.63) is 335 Å². The van der Waals surface area contributed by atoms with Crippen LogP contribution in [0.25, 0.3) is 33.4 Å². The first-order chi connectivity index (χ1) is 39.1. The zero-order chi connectivity index (χ0) is 52.2. The molecule has 0 N–H and O–H groups in total. The van der Waals surface area contributed by atoms with Crippen molar-refractivity contribution in [2.24, 2.45) is 0 Å². The number of rotatable bonds is 7. The lowest BCUT2D eigenvalue weighted by Gasteiger charge is -2.40. The molecule has 0 fully saturated rings. The summed E-state index contributed by atoms with van der Waals surface area (Å²) in [4.78, 5) is 4.82. The Labute approximate surface area is 460 Å². The van der Waals surface area contributed by atoms with Crippen LogP contribution < -0.4 is 19.3 Å². The maximum Gasteiger partial charge on any atom is 0.132 e. The summed E-state index contributed by atoms with van der Waals surface area (Å²) in [6, 6.07) is 104. The average molecular weight is 1010 g/mol. The first kappa shape index (κ1) is 45.1. The van der Waals surface area contributed by atoms with Gasteiger partial charge in [0, 0.05) is 56.4 Å². The highest BCUT2D eigenvalue weighted by atomic mass is 16.5. The van der Waals surface area contributed by atoms with Crippen LogP contribution in [0.2, 0.25) is 0 Å². The number of nitrogens with zero attached hydrogens (tertiary/aromatic N) is 2. The molecule has 4 nitrogen and oxygen atoms in total. The van der Waals surface area contributed by atoms with Gasteiger partial charge in [-0.25, -0.2) is 0 Å². The van der Waals surface area contributed by atoms with Crippen molar-refractivity contribution >= 4 is 34.1 Å². The van der Waals surface area contributed by atoms with E-state index in [-0.39, 0.29) is 0 Å². The van der Waals surface area contributed by atoms with Crippen LogP contribution in [0.4, 0.5) is 34.1 Å². The second-order valence-corrected chi connectivity index (χ2v) is 21.1. The van der Waals surface area contributed by atoms with Crippen molar-refractivity contribution < 1.29 is 9.47 Å². The zero-order valence-electron chi connectivity index (χ0n) is 43.3. The average Bonchev–Trinajstić information content (AvgIpc) is 4.04. The molecule has 12 aromatic carbocycles. The number of para-hydroxylation sites is 5. The third-order valence-electron chi connectivity index (χ3n) is 17.1. The minimum atomic E-state index is -0.601. The standard InChI is InChI=1S/C75H50N2O2/c1-49-21-18-40-72-73(49)75(66-36-14-17-39-71(66)79-72)63-33-11-9-31-59(63)61-44-42-57(48-68(61)75)77(53-26-6-3-7-27-53)55-29-20-23-51(46-55)50-22-19-28-54(45-50)76(52-24-4-2-5-25-52)56-41-43-60-58-30-8-10-32-62(58)74(67(60)47-56)64-34-12-15-37-69(64)78-70-38-16-13-35-65(70)74/h2-48H,1H3. The van der Waals surface area contributed by atoms with Crippen LogP contribution in [-0.2, 0) is 10.8 Å². The third-order valence-corrected chi connectivity index (χ3v) is 17.1. The number of hydrogen-bond donors (Lipinski definition) is 0. The van der Waals surface area contributed by atoms with Gasteiger partial charge in [0.05, 0.1) is 10.8 Å². The van der Waals surface area contributed by atoms with Crippen LogP contribution in [0.15, 0.2) is 285 Å². The number of anilines is 6. The molecule has 0 amide bonds. The molecule has 372 valence electrons. The lowest BCUT2D eigenvalue weighted by atomic mass is 9.65. The molecule has 4 heteroatoms. The smallest absolute Gasteiger partial charge is 0.132 e. The third kappa shape index (κ3) is 6.49. The summed E-state index contributed by atoms with van der Waals surface area (Å²) in [5.41, 5.74) is 23.2. The van der Waals surface area contributed by atoms with Gasteiger partial charge >= 0.3 is 0 Å². The minimum absolute atomic E-state index is 0.592. The lowest BCUT2D eigenvalue weighted by Crippen LogP contribution is -2.33. The van der Waals surface area contributed by atoms with Gasteiger partial charge in [0.25, 0.3) is 0 Å². The fraction of sp³-hybridized carbons (Fsp3) is 0.0400. The summed E-state index contributed by atoms with van der Waals surface area (Å²) in [6.07, 6.45) is 0.